The van der Waals surface area contributed by atoms with Crippen molar-refractivity contribution >= 4 is 11.8 Å². The van der Waals surface area contributed by atoms with Crippen LogP contribution in [0.2, 0.25) is 0 Å². The molecule has 180 valence electrons. The van der Waals surface area contributed by atoms with E-state index < -0.39 is 0 Å². The van der Waals surface area contributed by atoms with Gasteiger partial charge in [0.1, 0.15) is 0 Å². The summed E-state index contributed by atoms with van der Waals surface area (Å²) in [4.78, 5) is 38.6. The predicted octanol–water partition coefficient (Wildman–Crippen LogP) is 3.58. The van der Waals surface area contributed by atoms with Gasteiger partial charge in [-0.2, -0.15) is 0 Å². The number of aliphatic hydroxyl groups is 1. The third kappa shape index (κ3) is 4.95. The number of rotatable bonds is 3. The zero-order valence-electron chi connectivity index (χ0n) is 19.9. The van der Waals surface area contributed by atoms with E-state index in [9.17, 15) is 14.7 Å². The first kappa shape index (κ1) is 23.2. The molecule has 1 aromatic heterocycles. The van der Waals surface area contributed by atoms with Gasteiger partial charge >= 0.3 is 0 Å². The molecule has 2 aliphatic rings. The highest BCUT2D eigenvalue weighted by atomic mass is 16.3. The third-order valence-electron chi connectivity index (χ3n) is 7.21. The van der Waals surface area contributed by atoms with Crippen molar-refractivity contribution in [1.82, 2.24) is 19.8 Å². The van der Waals surface area contributed by atoms with E-state index in [0.29, 0.717) is 50.1 Å². The topological polar surface area (TPSA) is 86.6 Å². The van der Waals surface area contributed by atoms with Crippen LogP contribution in [0.4, 0.5) is 0 Å². The zero-order chi connectivity index (χ0) is 24.4. The van der Waals surface area contributed by atoms with Crippen LogP contribution in [0.3, 0.4) is 0 Å². The second-order valence-corrected chi connectivity index (χ2v) is 9.55. The number of likely N-dealkylation sites (tertiary alicyclic amines) is 1. The quantitative estimate of drug-likeness (QED) is 0.632. The number of carbonyl (C=O) groups is 2. The van der Waals surface area contributed by atoms with Crippen LogP contribution in [0.5, 0.6) is 0 Å². The highest BCUT2D eigenvalue weighted by Crippen LogP contribution is 2.25. The van der Waals surface area contributed by atoms with E-state index >= 15 is 0 Å². The van der Waals surface area contributed by atoms with Crippen molar-refractivity contribution in [2.75, 3.05) is 19.6 Å². The maximum Gasteiger partial charge on any atom is 0.254 e. The summed E-state index contributed by atoms with van der Waals surface area (Å²) >= 11 is 0. The van der Waals surface area contributed by atoms with Gasteiger partial charge in [-0.05, 0) is 60.6 Å². The Labute approximate surface area is 205 Å². The first-order valence-corrected chi connectivity index (χ1v) is 12.2. The second kappa shape index (κ2) is 9.96. The average Bonchev–Trinajstić information content (AvgIpc) is 3.08. The number of amides is 2. The summed E-state index contributed by atoms with van der Waals surface area (Å²) in [7, 11) is 0. The summed E-state index contributed by atoms with van der Waals surface area (Å²) in [5.41, 5.74) is 5.10. The molecule has 0 aliphatic carbocycles. The summed E-state index contributed by atoms with van der Waals surface area (Å²) in [6.07, 6.45) is 6.75. The number of aliphatic hydroxyl groups excluding tert-OH is 1. The molecule has 2 aliphatic heterocycles. The maximum absolute atomic E-state index is 13.3. The van der Waals surface area contributed by atoms with Gasteiger partial charge in [0.05, 0.1) is 18.0 Å². The van der Waals surface area contributed by atoms with Gasteiger partial charge < -0.3 is 14.9 Å². The molecule has 3 heterocycles. The summed E-state index contributed by atoms with van der Waals surface area (Å²) in [5.74, 6) is 0.216. The lowest BCUT2D eigenvalue weighted by Gasteiger charge is -2.30. The minimum absolute atomic E-state index is 0.0150. The van der Waals surface area contributed by atoms with Gasteiger partial charge in [0.25, 0.3) is 11.8 Å². The molecule has 5 rings (SSSR count). The van der Waals surface area contributed by atoms with Crippen LogP contribution in [0, 0.1) is 5.92 Å². The van der Waals surface area contributed by atoms with Crippen LogP contribution >= 0.6 is 0 Å². The number of hydrogen-bond donors (Lipinski definition) is 1. The smallest absolute Gasteiger partial charge is 0.254 e. The summed E-state index contributed by atoms with van der Waals surface area (Å²) in [6, 6.07) is 13.3. The van der Waals surface area contributed by atoms with Crippen LogP contribution < -0.4 is 0 Å². The molecule has 7 heteroatoms. The van der Waals surface area contributed by atoms with E-state index in [0.717, 1.165) is 28.8 Å². The molecule has 0 spiro atoms. The Morgan fingerprint density at radius 1 is 0.914 bits per heavy atom. The summed E-state index contributed by atoms with van der Waals surface area (Å²) < 4.78 is 0. The van der Waals surface area contributed by atoms with Crippen LogP contribution in [0.15, 0.2) is 61.1 Å². The summed E-state index contributed by atoms with van der Waals surface area (Å²) in [5, 5.41) is 10.1. The number of fused-ring (bicyclic) bond motifs is 1. The predicted molar refractivity (Wildman–Crippen MR) is 133 cm³/mol. The first-order valence-electron chi connectivity index (χ1n) is 12.2. The molecule has 2 atom stereocenters. The normalized spacial score (nSPS) is 20.2. The van der Waals surface area contributed by atoms with Gasteiger partial charge in [0.15, 0.2) is 0 Å². The van der Waals surface area contributed by atoms with Crippen molar-refractivity contribution < 1.29 is 14.7 Å². The second-order valence-electron chi connectivity index (χ2n) is 9.55. The Morgan fingerprint density at radius 2 is 1.71 bits per heavy atom. The van der Waals surface area contributed by atoms with Crippen LogP contribution in [0.1, 0.15) is 51.6 Å². The number of aromatic nitrogens is 2. The SMILES string of the molecule is CC1CCN(C(=O)c2ccc3c(c2)CCN(C(=O)c2cccc(-c4cnccn4)c2)C3)CCC1O. The van der Waals surface area contributed by atoms with E-state index in [-0.39, 0.29) is 23.8 Å². The highest BCUT2D eigenvalue weighted by molar-refractivity contribution is 5.96. The van der Waals surface area contributed by atoms with Crippen molar-refractivity contribution in [3.63, 3.8) is 0 Å². The van der Waals surface area contributed by atoms with E-state index in [1.54, 1.807) is 18.6 Å². The van der Waals surface area contributed by atoms with E-state index in [1.165, 1.54) is 0 Å². The number of benzene rings is 2. The van der Waals surface area contributed by atoms with Gasteiger partial charge in [0.2, 0.25) is 0 Å². The fourth-order valence-electron chi connectivity index (χ4n) is 4.92. The Bertz CT molecular complexity index is 1220. The van der Waals surface area contributed by atoms with Crippen molar-refractivity contribution in [3.05, 3.63) is 83.3 Å². The molecule has 1 fully saturated rings. The molecular formula is C28H30N4O3. The molecule has 0 saturated carbocycles. The minimum atomic E-state index is -0.346. The Morgan fingerprint density at radius 3 is 2.54 bits per heavy atom. The fourth-order valence-corrected chi connectivity index (χ4v) is 4.92. The van der Waals surface area contributed by atoms with Gasteiger partial charge in [-0.1, -0.05) is 25.1 Å². The Balaban J connectivity index is 1.29. The van der Waals surface area contributed by atoms with Gasteiger partial charge in [-0.3, -0.25) is 19.6 Å². The van der Waals surface area contributed by atoms with Crippen molar-refractivity contribution in [2.24, 2.45) is 5.92 Å². The molecule has 2 aromatic carbocycles. The largest absolute Gasteiger partial charge is 0.393 e. The maximum atomic E-state index is 13.3. The van der Waals surface area contributed by atoms with Crippen LogP contribution in [-0.4, -0.2) is 62.4 Å². The van der Waals surface area contributed by atoms with Crippen LogP contribution in [0.25, 0.3) is 11.3 Å². The number of hydrogen-bond acceptors (Lipinski definition) is 5. The molecule has 1 saturated heterocycles. The van der Waals surface area contributed by atoms with E-state index in [1.807, 2.05) is 59.2 Å². The minimum Gasteiger partial charge on any atom is -0.393 e. The third-order valence-corrected chi connectivity index (χ3v) is 7.21. The summed E-state index contributed by atoms with van der Waals surface area (Å²) in [6.45, 7) is 4.41. The lowest BCUT2D eigenvalue weighted by molar-refractivity contribution is 0.0727. The standard InChI is InChI=1S/C28H30N4O3/c1-19-7-12-31(14-9-26(19)33)27(34)23-5-6-24-18-32(13-8-20(24)15-23)28(35)22-4-2-3-21(16-22)25-17-29-10-11-30-25/h2-6,10-11,15-17,19,26,33H,7-9,12-14,18H2,1H3. The number of carbonyl (C=O) groups excluding carboxylic acids is 2. The van der Waals surface area contributed by atoms with E-state index in [2.05, 4.69) is 9.97 Å². The average molecular weight is 471 g/mol. The lowest BCUT2D eigenvalue weighted by atomic mass is 9.96. The highest BCUT2D eigenvalue weighted by Gasteiger charge is 2.27. The molecule has 35 heavy (non-hydrogen) atoms. The molecule has 1 N–H and O–H groups in total. The van der Waals surface area contributed by atoms with E-state index in [4.69, 9.17) is 0 Å². The molecular weight excluding hydrogens is 440 g/mol. The molecule has 0 radical (unpaired) electrons. The zero-order valence-corrected chi connectivity index (χ0v) is 19.9. The fraction of sp³-hybridized carbons (Fsp3) is 0.357. The van der Waals surface area contributed by atoms with Gasteiger partial charge in [-0.25, -0.2) is 0 Å². The molecule has 7 nitrogen and oxygen atoms in total. The Hall–Kier alpha value is -3.58. The van der Waals surface area contributed by atoms with Crippen molar-refractivity contribution in [2.45, 2.75) is 38.8 Å². The molecule has 2 amide bonds. The molecule has 2 unspecified atom stereocenters. The molecule has 0 bridgehead atoms. The lowest BCUT2D eigenvalue weighted by Crippen LogP contribution is -2.36. The molecule has 3 aromatic rings. The van der Waals surface area contributed by atoms with Crippen molar-refractivity contribution in [3.8, 4) is 11.3 Å². The van der Waals surface area contributed by atoms with Gasteiger partial charge in [0, 0.05) is 55.3 Å². The monoisotopic (exact) mass is 470 g/mol. The first-order chi connectivity index (χ1) is 17.0. The Kier molecular flexibility index (Phi) is 6.59. The number of nitrogens with zero attached hydrogens (tertiary/aromatic N) is 4. The van der Waals surface area contributed by atoms with Crippen LogP contribution in [-0.2, 0) is 13.0 Å². The van der Waals surface area contributed by atoms with Crippen molar-refractivity contribution in [1.29, 1.82) is 0 Å². The van der Waals surface area contributed by atoms with Gasteiger partial charge in [-0.15, -0.1) is 0 Å².